The molecule has 2 rings (SSSR count). The number of carbonyl (C=O) groups is 1. The maximum Gasteiger partial charge on any atom is 0.257 e. The van der Waals surface area contributed by atoms with Crippen LogP contribution >= 0.6 is 23.4 Å². The molecule has 0 radical (unpaired) electrons. The van der Waals surface area contributed by atoms with Crippen LogP contribution < -0.4 is 5.32 Å². The van der Waals surface area contributed by atoms with E-state index in [0.717, 1.165) is 11.3 Å². The van der Waals surface area contributed by atoms with Crippen molar-refractivity contribution in [1.82, 2.24) is 0 Å². The highest BCUT2D eigenvalue weighted by molar-refractivity contribution is 7.99. The molecule has 17 heavy (non-hydrogen) atoms. The molecule has 0 bridgehead atoms. The van der Waals surface area contributed by atoms with Crippen molar-refractivity contribution in [3.63, 3.8) is 0 Å². The second-order valence-corrected chi connectivity index (χ2v) is 5.71. The van der Waals surface area contributed by atoms with Crippen molar-refractivity contribution < 1.29 is 9.90 Å². The fraction of sp³-hybridized carbons (Fsp3) is 0.417. The van der Waals surface area contributed by atoms with Crippen molar-refractivity contribution in [3.05, 3.63) is 28.8 Å². The maximum absolute atomic E-state index is 12.0. The van der Waals surface area contributed by atoms with Crippen LogP contribution in [0.15, 0.2) is 18.2 Å². The molecule has 1 aromatic carbocycles. The van der Waals surface area contributed by atoms with Gasteiger partial charge in [-0.25, -0.2) is 0 Å². The molecule has 1 aromatic rings. The summed E-state index contributed by atoms with van der Waals surface area (Å²) in [5.41, 5.74) is 0.240. The average Bonchev–Trinajstić information content (AvgIpc) is 2.73. The molecule has 1 unspecified atom stereocenters. The summed E-state index contributed by atoms with van der Waals surface area (Å²) >= 11 is 7.56. The van der Waals surface area contributed by atoms with E-state index in [0.29, 0.717) is 22.9 Å². The zero-order valence-corrected chi connectivity index (χ0v) is 11.1. The van der Waals surface area contributed by atoms with E-state index < -0.39 is 5.60 Å². The molecule has 0 aromatic heterocycles. The number of anilines is 1. The highest BCUT2D eigenvalue weighted by Gasteiger charge is 2.39. The van der Waals surface area contributed by atoms with E-state index in [-0.39, 0.29) is 5.91 Å². The number of halogens is 1. The van der Waals surface area contributed by atoms with E-state index in [4.69, 9.17) is 11.6 Å². The van der Waals surface area contributed by atoms with E-state index in [1.807, 2.05) is 6.92 Å². The molecule has 0 aliphatic carbocycles. The predicted molar refractivity (Wildman–Crippen MR) is 71.7 cm³/mol. The highest BCUT2D eigenvalue weighted by Crippen LogP contribution is 2.30. The topological polar surface area (TPSA) is 49.3 Å². The molecule has 1 heterocycles. The van der Waals surface area contributed by atoms with E-state index in [9.17, 15) is 9.90 Å². The van der Waals surface area contributed by atoms with Crippen molar-refractivity contribution in [2.75, 3.05) is 16.8 Å². The number of thioether (sulfide) groups is 1. The largest absolute Gasteiger partial charge is 0.379 e. The van der Waals surface area contributed by atoms with Gasteiger partial charge in [0.15, 0.2) is 5.60 Å². The van der Waals surface area contributed by atoms with Crippen molar-refractivity contribution in [3.8, 4) is 0 Å². The van der Waals surface area contributed by atoms with E-state index >= 15 is 0 Å². The SMILES string of the molecule is Cc1c(Cl)cccc1NC(=O)C1(O)CCSC1. The minimum Gasteiger partial charge on any atom is -0.379 e. The summed E-state index contributed by atoms with van der Waals surface area (Å²) in [6.07, 6.45) is 0.503. The summed E-state index contributed by atoms with van der Waals surface area (Å²) in [7, 11) is 0. The Bertz CT molecular complexity index is 444. The Morgan fingerprint density at radius 3 is 3.00 bits per heavy atom. The Balaban J connectivity index is 2.16. The van der Waals surface area contributed by atoms with Crippen LogP contribution in [0.4, 0.5) is 5.69 Å². The van der Waals surface area contributed by atoms with Crippen LogP contribution in [-0.2, 0) is 4.79 Å². The van der Waals surface area contributed by atoms with Crippen molar-refractivity contribution in [1.29, 1.82) is 0 Å². The number of hydrogen-bond acceptors (Lipinski definition) is 3. The van der Waals surface area contributed by atoms with Gasteiger partial charge in [0.05, 0.1) is 0 Å². The van der Waals surface area contributed by atoms with Gasteiger partial charge in [-0.1, -0.05) is 17.7 Å². The monoisotopic (exact) mass is 271 g/mol. The van der Waals surface area contributed by atoms with Gasteiger partial charge in [0.2, 0.25) is 0 Å². The maximum atomic E-state index is 12.0. The van der Waals surface area contributed by atoms with Gasteiger partial charge in [0.25, 0.3) is 5.91 Å². The first-order chi connectivity index (χ1) is 8.03. The van der Waals surface area contributed by atoms with Crippen LogP contribution in [0.25, 0.3) is 0 Å². The van der Waals surface area contributed by atoms with Crippen molar-refractivity contribution in [2.24, 2.45) is 0 Å². The lowest BCUT2D eigenvalue weighted by molar-refractivity contribution is -0.131. The van der Waals surface area contributed by atoms with Crippen LogP contribution in [0.5, 0.6) is 0 Å². The normalized spacial score (nSPS) is 23.7. The molecule has 92 valence electrons. The molecule has 5 heteroatoms. The average molecular weight is 272 g/mol. The Morgan fingerprint density at radius 1 is 1.59 bits per heavy atom. The van der Waals surface area contributed by atoms with Gasteiger partial charge in [0, 0.05) is 16.5 Å². The van der Waals surface area contributed by atoms with E-state index in [1.54, 1.807) is 30.0 Å². The van der Waals surface area contributed by atoms with Gasteiger partial charge in [-0.3, -0.25) is 4.79 Å². The lowest BCUT2D eigenvalue weighted by Gasteiger charge is -2.21. The summed E-state index contributed by atoms with van der Waals surface area (Å²) in [6, 6.07) is 5.33. The molecule has 2 N–H and O–H groups in total. The van der Waals surface area contributed by atoms with Gasteiger partial charge in [-0.05, 0) is 36.8 Å². The van der Waals surface area contributed by atoms with E-state index in [1.165, 1.54) is 0 Å². The third kappa shape index (κ3) is 2.59. The molecule has 1 aliphatic heterocycles. The van der Waals surface area contributed by atoms with Crippen molar-refractivity contribution >= 4 is 35.0 Å². The lowest BCUT2D eigenvalue weighted by Crippen LogP contribution is -2.43. The molecule has 1 amide bonds. The predicted octanol–water partition coefficient (Wildman–Crippen LogP) is 2.45. The van der Waals surface area contributed by atoms with Gasteiger partial charge < -0.3 is 10.4 Å². The molecule has 3 nitrogen and oxygen atoms in total. The summed E-state index contributed by atoms with van der Waals surface area (Å²) in [5.74, 6) is 0.935. The zero-order chi connectivity index (χ0) is 12.5. The number of amides is 1. The lowest BCUT2D eigenvalue weighted by atomic mass is 10.0. The Kier molecular flexibility index (Phi) is 3.66. The second kappa shape index (κ2) is 4.88. The minimum atomic E-state index is -1.24. The van der Waals surface area contributed by atoms with Crippen LogP contribution in [0, 0.1) is 6.92 Å². The minimum absolute atomic E-state index is 0.340. The molecule has 0 spiro atoms. The number of benzene rings is 1. The van der Waals surface area contributed by atoms with Crippen LogP contribution in [-0.4, -0.2) is 28.1 Å². The standard InChI is InChI=1S/C12H14ClNO2S/c1-8-9(13)3-2-4-10(8)14-11(15)12(16)5-6-17-7-12/h2-4,16H,5-7H2,1H3,(H,14,15). The number of aliphatic hydroxyl groups is 1. The number of hydrogen-bond donors (Lipinski definition) is 2. The Labute approximate surface area is 110 Å². The molecule has 1 atom stereocenters. The smallest absolute Gasteiger partial charge is 0.257 e. The first kappa shape index (κ1) is 12.7. The first-order valence-corrected chi connectivity index (χ1v) is 6.93. The van der Waals surface area contributed by atoms with E-state index in [2.05, 4.69) is 5.32 Å². The Morgan fingerprint density at radius 2 is 2.35 bits per heavy atom. The molecular weight excluding hydrogens is 258 g/mol. The van der Waals surface area contributed by atoms with Crippen LogP contribution in [0.1, 0.15) is 12.0 Å². The molecule has 1 aliphatic rings. The second-order valence-electron chi connectivity index (χ2n) is 4.20. The quantitative estimate of drug-likeness (QED) is 0.869. The zero-order valence-electron chi connectivity index (χ0n) is 9.50. The van der Waals surface area contributed by atoms with Gasteiger partial charge in [-0.15, -0.1) is 0 Å². The van der Waals surface area contributed by atoms with Crippen molar-refractivity contribution in [2.45, 2.75) is 18.9 Å². The summed E-state index contributed by atoms with van der Waals surface area (Å²) in [6.45, 7) is 1.84. The Hall–Kier alpha value is -0.710. The molecule has 1 fully saturated rings. The highest BCUT2D eigenvalue weighted by atomic mass is 35.5. The number of nitrogens with one attached hydrogen (secondary N) is 1. The fourth-order valence-electron chi connectivity index (χ4n) is 1.71. The van der Waals surface area contributed by atoms with Crippen LogP contribution in [0.2, 0.25) is 5.02 Å². The molecular formula is C12H14ClNO2S. The van der Waals surface area contributed by atoms with Gasteiger partial charge in [-0.2, -0.15) is 11.8 Å². The van der Waals surface area contributed by atoms with Gasteiger partial charge in [0.1, 0.15) is 0 Å². The first-order valence-electron chi connectivity index (χ1n) is 5.40. The van der Waals surface area contributed by atoms with Gasteiger partial charge >= 0.3 is 0 Å². The summed E-state index contributed by atoms with van der Waals surface area (Å²) in [5, 5.41) is 13.5. The third-order valence-electron chi connectivity index (χ3n) is 2.94. The molecule has 1 saturated heterocycles. The number of carbonyl (C=O) groups excluding carboxylic acids is 1. The molecule has 0 saturated carbocycles. The summed E-state index contributed by atoms with van der Waals surface area (Å²) in [4.78, 5) is 12.0. The fourth-order valence-corrected chi connectivity index (χ4v) is 3.13. The third-order valence-corrected chi connectivity index (χ3v) is 4.52. The number of rotatable bonds is 2. The van der Waals surface area contributed by atoms with Crippen LogP contribution in [0.3, 0.4) is 0 Å². The summed E-state index contributed by atoms with van der Waals surface area (Å²) < 4.78 is 0.